The van der Waals surface area contributed by atoms with Gasteiger partial charge in [-0.2, -0.15) is 5.26 Å². The van der Waals surface area contributed by atoms with Gasteiger partial charge < -0.3 is 10.1 Å². The number of methoxy groups -OCH3 is 1. The minimum atomic E-state index is -0.587. The average molecular weight is 288 g/mol. The van der Waals surface area contributed by atoms with E-state index in [1.807, 2.05) is 6.07 Å². The molecule has 0 fully saturated rings. The van der Waals surface area contributed by atoms with Crippen molar-refractivity contribution in [2.45, 2.75) is 13.0 Å². The van der Waals surface area contributed by atoms with Crippen LogP contribution in [-0.2, 0) is 0 Å². The van der Waals surface area contributed by atoms with Gasteiger partial charge in [0, 0.05) is 6.04 Å². The molecule has 21 heavy (non-hydrogen) atoms. The van der Waals surface area contributed by atoms with Gasteiger partial charge in [-0.25, -0.2) is 8.78 Å². The lowest BCUT2D eigenvalue weighted by atomic mass is 10.1. The van der Waals surface area contributed by atoms with Crippen LogP contribution < -0.4 is 10.1 Å². The number of nitriles is 1. The van der Waals surface area contributed by atoms with Gasteiger partial charge in [0.15, 0.2) is 11.6 Å². The van der Waals surface area contributed by atoms with Crippen LogP contribution >= 0.6 is 0 Å². The van der Waals surface area contributed by atoms with Gasteiger partial charge in [0.1, 0.15) is 17.4 Å². The van der Waals surface area contributed by atoms with Gasteiger partial charge in [-0.3, -0.25) is 0 Å². The van der Waals surface area contributed by atoms with E-state index in [4.69, 9.17) is 10.00 Å². The lowest BCUT2D eigenvalue weighted by Gasteiger charge is -2.17. The first-order valence-corrected chi connectivity index (χ1v) is 6.35. The van der Waals surface area contributed by atoms with E-state index in [1.54, 1.807) is 19.1 Å². The summed E-state index contributed by atoms with van der Waals surface area (Å²) in [6.07, 6.45) is 0. The zero-order chi connectivity index (χ0) is 15.4. The number of anilines is 1. The number of nitrogens with one attached hydrogen (secondary N) is 1. The van der Waals surface area contributed by atoms with Crippen molar-refractivity contribution in [2.75, 3.05) is 12.4 Å². The van der Waals surface area contributed by atoms with Gasteiger partial charge in [0.05, 0.1) is 12.8 Å². The molecule has 2 rings (SSSR count). The molecule has 1 unspecified atom stereocenters. The van der Waals surface area contributed by atoms with Crippen LogP contribution in [0.2, 0.25) is 0 Å². The summed E-state index contributed by atoms with van der Waals surface area (Å²) < 4.78 is 32.1. The van der Waals surface area contributed by atoms with Crippen LogP contribution in [0.25, 0.3) is 0 Å². The number of ether oxygens (including phenoxy) is 1. The van der Waals surface area contributed by atoms with Gasteiger partial charge in [-0.05, 0) is 36.8 Å². The van der Waals surface area contributed by atoms with E-state index in [2.05, 4.69) is 5.32 Å². The van der Waals surface area contributed by atoms with E-state index in [1.165, 1.54) is 31.4 Å². The van der Waals surface area contributed by atoms with Gasteiger partial charge >= 0.3 is 0 Å². The van der Waals surface area contributed by atoms with Crippen molar-refractivity contribution in [1.29, 1.82) is 5.26 Å². The number of rotatable bonds is 4. The van der Waals surface area contributed by atoms with Crippen molar-refractivity contribution in [3.05, 3.63) is 59.2 Å². The number of benzene rings is 2. The second kappa shape index (κ2) is 6.23. The molecule has 0 amide bonds. The van der Waals surface area contributed by atoms with E-state index in [0.29, 0.717) is 11.3 Å². The molecule has 0 aliphatic rings. The summed E-state index contributed by atoms with van der Waals surface area (Å²) in [5.74, 6) is -0.895. The fourth-order valence-electron chi connectivity index (χ4n) is 2.03. The van der Waals surface area contributed by atoms with E-state index in [9.17, 15) is 8.78 Å². The summed E-state index contributed by atoms with van der Waals surface area (Å²) in [5.41, 5.74) is 0.987. The molecule has 0 saturated heterocycles. The number of hydrogen-bond acceptors (Lipinski definition) is 3. The maximum Gasteiger partial charge on any atom is 0.165 e. The van der Waals surface area contributed by atoms with Crippen molar-refractivity contribution in [1.82, 2.24) is 0 Å². The Morgan fingerprint density at radius 1 is 1.19 bits per heavy atom. The van der Waals surface area contributed by atoms with Crippen molar-refractivity contribution in [3.8, 4) is 11.8 Å². The highest BCUT2D eigenvalue weighted by atomic mass is 19.1. The Morgan fingerprint density at radius 3 is 2.57 bits per heavy atom. The SMILES string of the molecule is COc1ccc(C(C)Nc2cccc(F)c2C#N)cc1F. The highest BCUT2D eigenvalue weighted by molar-refractivity contribution is 5.59. The maximum absolute atomic E-state index is 13.7. The summed E-state index contributed by atoms with van der Waals surface area (Å²) in [5, 5.41) is 12.0. The summed E-state index contributed by atoms with van der Waals surface area (Å²) >= 11 is 0. The fraction of sp³-hybridized carbons (Fsp3) is 0.188. The predicted molar refractivity (Wildman–Crippen MR) is 76.1 cm³/mol. The molecule has 5 heteroatoms. The third kappa shape index (κ3) is 3.11. The first-order chi connectivity index (χ1) is 10.1. The van der Waals surface area contributed by atoms with Crippen LogP contribution in [-0.4, -0.2) is 7.11 Å². The fourth-order valence-corrected chi connectivity index (χ4v) is 2.03. The summed E-state index contributed by atoms with van der Waals surface area (Å²) in [7, 11) is 1.39. The Bertz CT molecular complexity index is 695. The van der Waals surface area contributed by atoms with Crippen molar-refractivity contribution >= 4 is 5.69 Å². The van der Waals surface area contributed by atoms with E-state index in [-0.39, 0.29) is 17.4 Å². The Hall–Kier alpha value is -2.61. The van der Waals surface area contributed by atoms with Crippen molar-refractivity contribution < 1.29 is 13.5 Å². The van der Waals surface area contributed by atoms with Gasteiger partial charge in [-0.1, -0.05) is 12.1 Å². The molecular formula is C16H14F2N2O. The summed E-state index contributed by atoms with van der Waals surface area (Å²) in [6.45, 7) is 1.80. The minimum absolute atomic E-state index is 0.0571. The molecule has 0 heterocycles. The van der Waals surface area contributed by atoms with E-state index >= 15 is 0 Å². The second-order valence-electron chi connectivity index (χ2n) is 4.53. The molecule has 2 aromatic rings. The second-order valence-corrected chi connectivity index (χ2v) is 4.53. The lowest BCUT2D eigenvalue weighted by molar-refractivity contribution is 0.386. The molecule has 0 radical (unpaired) electrons. The van der Waals surface area contributed by atoms with Gasteiger partial charge in [0.25, 0.3) is 0 Å². The molecule has 108 valence electrons. The molecular weight excluding hydrogens is 274 g/mol. The largest absolute Gasteiger partial charge is 0.494 e. The molecule has 0 saturated carbocycles. The molecule has 2 aromatic carbocycles. The first kappa shape index (κ1) is 14.8. The van der Waals surface area contributed by atoms with Crippen LogP contribution in [0, 0.1) is 23.0 Å². The predicted octanol–water partition coefficient (Wildman–Crippen LogP) is 4.02. The maximum atomic E-state index is 13.7. The standard InChI is InChI=1S/C16H14F2N2O/c1-10(11-6-7-16(21-2)14(18)8-11)20-15-5-3-4-13(17)12(15)9-19/h3-8,10,20H,1-2H3. The van der Waals surface area contributed by atoms with E-state index in [0.717, 1.165) is 0 Å². The molecule has 0 spiro atoms. The Balaban J connectivity index is 2.26. The number of halogens is 2. The Labute approximate surface area is 121 Å². The van der Waals surface area contributed by atoms with Crippen LogP contribution in [0.3, 0.4) is 0 Å². The van der Waals surface area contributed by atoms with Crippen LogP contribution in [0.4, 0.5) is 14.5 Å². The molecule has 3 nitrogen and oxygen atoms in total. The molecule has 1 atom stereocenters. The van der Waals surface area contributed by atoms with Crippen molar-refractivity contribution in [3.63, 3.8) is 0 Å². The van der Waals surface area contributed by atoms with E-state index < -0.39 is 11.6 Å². The number of nitrogens with zero attached hydrogens (tertiary/aromatic N) is 1. The normalized spacial score (nSPS) is 11.6. The first-order valence-electron chi connectivity index (χ1n) is 6.35. The summed E-state index contributed by atoms with van der Waals surface area (Å²) in [4.78, 5) is 0. The highest BCUT2D eigenvalue weighted by Crippen LogP contribution is 2.26. The minimum Gasteiger partial charge on any atom is -0.494 e. The smallest absolute Gasteiger partial charge is 0.165 e. The zero-order valence-electron chi connectivity index (χ0n) is 11.7. The molecule has 0 aliphatic heterocycles. The summed E-state index contributed by atoms with van der Waals surface area (Å²) in [6, 6.07) is 10.5. The monoisotopic (exact) mass is 288 g/mol. The molecule has 1 N–H and O–H groups in total. The van der Waals surface area contributed by atoms with Gasteiger partial charge in [-0.15, -0.1) is 0 Å². The third-order valence-electron chi connectivity index (χ3n) is 3.17. The molecule has 0 aliphatic carbocycles. The Kier molecular flexibility index (Phi) is 4.39. The third-order valence-corrected chi connectivity index (χ3v) is 3.17. The average Bonchev–Trinajstić information content (AvgIpc) is 2.47. The molecule has 0 bridgehead atoms. The van der Waals surface area contributed by atoms with Crippen LogP contribution in [0.1, 0.15) is 24.1 Å². The van der Waals surface area contributed by atoms with Gasteiger partial charge in [0.2, 0.25) is 0 Å². The topological polar surface area (TPSA) is 45.0 Å². The van der Waals surface area contributed by atoms with Crippen molar-refractivity contribution in [2.24, 2.45) is 0 Å². The lowest BCUT2D eigenvalue weighted by Crippen LogP contribution is -2.09. The highest BCUT2D eigenvalue weighted by Gasteiger charge is 2.13. The molecule has 0 aromatic heterocycles. The van der Waals surface area contributed by atoms with Crippen LogP contribution in [0.15, 0.2) is 36.4 Å². The quantitative estimate of drug-likeness (QED) is 0.924. The Morgan fingerprint density at radius 2 is 1.95 bits per heavy atom. The van der Waals surface area contributed by atoms with Crippen LogP contribution in [0.5, 0.6) is 5.75 Å². The zero-order valence-corrected chi connectivity index (χ0v) is 11.7. The number of hydrogen-bond donors (Lipinski definition) is 1.